The lowest BCUT2D eigenvalue weighted by molar-refractivity contribution is -0.121. The number of halogens is 1. The van der Waals surface area contributed by atoms with Crippen LogP contribution >= 0.6 is 0 Å². The molecule has 1 aromatic carbocycles. The minimum atomic E-state index is -0.798. The Labute approximate surface area is 175 Å². The Bertz CT molecular complexity index is 966. The van der Waals surface area contributed by atoms with E-state index in [1.165, 1.54) is 0 Å². The molecule has 1 aliphatic heterocycles. The van der Waals surface area contributed by atoms with Gasteiger partial charge in [0, 0.05) is 24.0 Å². The summed E-state index contributed by atoms with van der Waals surface area (Å²) in [5.74, 6) is -0.281. The van der Waals surface area contributed by atoms with E-state index in [1.807, 2.05) is 6.07 Å². The Hall–Kier alpha value is -2.72. The first-order valence-electron chi connectivity index (χ1n) is 10.7. The summed E-state index contributed by atoms with van der Waals surface area (Å²) < 4.78 is 19.1. The Morgan fingerprint density at radius 3 is 2.80 bits per heavy atom. The zero-order chi connectivity index (χ0) is 21.1. The van der Waals surface area contributed by atoms with Gasteiger partial charge in [0.05, 0.1) is 40.8 Å². The number of carbonyl (C=O) groups excluding carboxylic acids is 1. The summed E-state index contributed by atoms with van der Waals surface area (Å²) in [4.78, 5) is 17.4. The fourth-order valence-electron chi connectivity index (χ4n) is 4.40. The zero-order valence-electron chi connectivity index (χ0n) is 17.2. The number of aromatic nitrogens is 1. The third kappa shape index (κ3) is 4.54. The van der Waals surface area contributed by atoms with Gasteiger partial charge in [0.2, 0.25) is 5.91 Å². The van der Waals surface area contributed by atoms with E-state index in [-0.39, 0.29) is 24.0 Å². The summed E-state index contributed by atoms with van der Waals surface area (Å²) in [7, 11) is 0. The number of benzene rings is 1. The maximum absolute atomic E-state index is 13.5. The van der Waals surface area contributed by atoms with Crippen LogP contribution < -0.4 is 10.6 Å². The van der Waals surface area contributed by atoms with E-state index in [2.05, 4.69) is 28.6 Å². The minimum absolute atomic E-state index is 0.0946. The molecule has 1 aliphatic carbocycles. The molecular formula is C23H27FN4O2. The highest BCUT2D eigenvalue weighted by atomic mass is 19.1. The van der Waals surface area contributed by atoms with Crippen molar-refractivity contribution >= 4 is 28.2 Å². The number of amides is 1. The maximum atomic E-state index is 13.5. The quantitative estimate of drug-likeness (QED) is 0.772. The van der Waals surface area contributed by atoms with Gasteiger partial charge in [0.1, 0.15) is 6.17 Å². The zero-order valence-corrected chi connectivity index (χ0v) is 17.2. The van der Waals surface area contributed by atoms with Crippen LogP contribution in [0.1, 0.15) is 51.0 Å². The van der Waals surface area contributed by atoms with Gasteiger partial charge >= 0.3 is 0 Å². The van der Waals surface area contributed by atoms with E-state index in [9.17, 15) is 14.4 Å². The number of anilines is 2. The number of hydrogen-bond acceptors (Lipinski definition) is 5. The van der Waals surface area contributed by atoms with Crippen molar-refractivity contribution in [3.63, 3.8) is 0 Å². The lowest BCUT2D eigenvalue weighted by Crippen LogP contribution is -2.33. The van der Waals surface area contributed by atoms with Crippen molar-refractivity contribution in [1.82, 2.24) is 4.98 Å². The highest BCUT2D eigenvalue weighted by Crippen LogP contribution is 2.34. The molecule has 6 nitrogen and oxygen atoms in total. The van der Waals surface area contributed by atoms with E-state index in [4.69, 9.17) is 4.74 Å². The van der Waals surface area contributed by atoms with Gasteiger partial charge in [0.15, 0.2) is 0 Å². The first-order chi connectivity index (χ1) is 14.5. The summed E-state index contributed by atoms with van der Waals surface area (Å²) in [6.07, 6.45) is 4.74. The number of nitrogens with zero attached hydrogens (tertiary/aromatic N) is 2. The number of hydrogen-bond donors (Lipinski definition) is 2. The predicted octanol–water partition coefficient (Wildman–Crippen LogP) is 4.55. The standard InChI is InChI=1S/C23H27FN4O2/c1-14-10-18(8-9-30-14)27-22-19-11-15(12-25)2-7-20(19)26-13-21(22)28-23(29)16-3-5-17(24)6-4-16/h2,7,11,13-14,16-18H,3-6,8-10H2,1H3,(H,26,27)(H,28,29)/t14-,16-,17+,18-/m1/s1. The highest BCUT2D eigenvalue weighted by molar-refractivity contribution is 6.04. The van der Waals surface area contributed by atoms with Crippen LogP contribution in [0, 0.1) is 17.2 Å². The van der Waals surface area contributed by atoms with Gasteiger partial charge in [-0.15, -0.1) is 0 Å². The van der Waals surface area contributed by atoms with E-state index in [0.717, 1.165) is 29.4 Å². The molecule has 1 aromatic heterocycles. The average molecular weight is 410 g/mol. The summed E-state index contributed by atoms with van der Waals surface area (Å²) >= 11 is 0. The number of nitriles is 1. The number of carbonyl (C=O) groups is 1. The molecular weight excluding hydrogens is 383 g/mol. The molecule has 1 saturated carbocycles. The fraction of sp³-hybridized carbons (Fsp3) is 0.522. The fourth-order valence-corrected chi connectivity index (χ4v) is 4.40. The van der Waals surface area contributed by atoms with Crippen LogP contribution in [0.25, 0.3) is 10.9 Å². The minimum Gasteiger partial charge on any atom is -0.380 e. The van der Waals surface area contributed by atoms with Crippen molar-refractivity contribution in [2.75, 3.05) is 17.2 Å². The largest absolute Gasteiger partial charge is 0.380 e. The highest BCUT2D eigenvalue weighted by Gasteiger charge is 2.27. The SMILES string of the molecule is C[C@@H]1C[C@H](Nc2c(NC(=O)[C@H]3CC[C@@H](F)CC3)cnc3ccc(C#N)cc23)CCO1. The van der Waals surface area contributed by atoms with Gasteiger partial charge in [-0.05, 0) is 63.6 Å². The Kier molecular flexibility index (Phi) is 6.14. The topological polar surface area (TPSA) is 87.0 Å². The molecule has 0 bridgehead atoms. The summed E-state index contributed by atoms with van der Waals surface area (Å²) in [6, 6.07) is 7.73. The van der Waals surface area contributed by atoms with E-state index < -0.39 is 6.17 Å². The van der Waals surface area contributed by atoms with Gasteiger partial charge in [0.25, 0.3) is 0 Å². The summed E-state index contributed by atoms with van der Waals surface area (Å²) in [6.45, 7) is 2.73. The number of nitrogens with one attached hydrogen (secondary N) is 2. The number of pyridine rings is 1. The number of fused-ring (bicyclic) bond motifs is 1. The van der Waals surface area contributed by atoms with Gasteiger partial charge in [-0.25, -0.2) is 4.39 Å². The van der Waals surface area contributed by atoms with Gasteiger partial charge in [-0.2, -0.15) is 5.26 Å². The van der Waals surface area contributed by atoms with Crippen LogP contribution in [0.2, 0.25) is 0 Å². The molecule has 2 atom stereocenters. The van der Waals surface area contributed by atoms with Crippen molar-refractivity contribution in [3.8, 4) is 6.07 Å². The van der Waals surface area contributed by atoms with Crippen LogP contribution in [0.4, 0.5) is 15.8 Å². The molecule has 1 saturated heterocycles. The van der Waals surface area contributed by atoms with E-state index >= 15 is 0 Å². The maximum Gasteiger partial charge on any atom is 0.227 e. The number of ether oxygens (including phenoxy) is 1. The molecule has 30 heavy (non-hydrogen) atoms. The number of rotatable bonds is 4. The summed E-state index contributed by atoms with van der Waals surface area (Å²) in [5, 5.41) is 16.8. The third-order valence-corrected chi connectivity index (χ3v) is 6.12. The molecule has 2 fully saturated rings. The second-order valence-corrected chi connectivity index (χ2v) is 8.38. The van der Waals surface area contributed by atoms with Crippen molar-refractivity contribution in [3.05, 3.63) is 30.0 Å². The van der Waals surface area contributed by atoms with Gasteiger partial charge in [-0.3, -0.25) is 9.78 Å². The third-order valence-electron chi connectivity index (χ3n) is 6.12. The smallest absolute Gasteiger partial charge is 0.227 e. The second kappa shape index (κ2) is 8.97. The first kappa shape index (κ1) is 20.5. The molecule has 7 heteroatoms. The molecule has 0 spiro atoms. The molecule has 1 amide bonds. The molecule has 2 aromatic rings. The monoisotopic (exact) mass is 410 g/mol. The van der Waals surface area contributed by atoms with Crippen molar-refractivity contribution in [2.45, 2.75) is 63.8 Å². The lowest BCUT2D eigenvalue weighted by Gasteiger charge is -2.30. The molecule has 2 heterocycles. The molecule has 158 valence electrons. The van der Waals surface area contributed by atoms with Crippen molar-refractivity contribution < 1.29 is 13.9 Å². The van der Waals surface area contributed by atoms with E-state index in [1.54, 1.807) is 18.3 Å². The first-order valence-corrected chi connectivity index (χ1v) is 10.7. The average Bonchev–Trinajstić information content (AvgIpc) is 2.75. The van der Waals surface area contributed by atoms with E-state index in [0.29, 0.717) is 43.5 Å². The van der Waals surface area contributed by atoms with Crippen LogP contribution in [-0.2, 0) is 9.53 Å². The molecule has 0 unspecified atom stereocenters. The summed E-state index contributed by atoms with van der Waals surface area (Å²) in [5.41, 5.74) is 2.68. The van der Waals surface area contributed by atoms with Crippen molar-refractivity contribution in [2.24, 2.45) is 5.92 Å². The Balaban J connectivity index is 1.65. The van der Waals surface area contributed by atoms with Gasteiger partial charge in [-0.1, -0.05) is 0 Å². The molecule has 2 N–H and O–H groups in total. The normalized spacial score (nSPS) is 26.7. The van der Waals surface area contributed by atoms with Crippen LogP contribution in [0.5, 0.6) is 0 Å². The predicted molar refractivity (Wildman–Crippen MR) is 114 cm³/mol. The van der Waals surface area contributed by atoms with Gasteiger partial charge < -0.3 is 15.4 Å². The molecule has 2 aliphatic rings. The Morgan fingerprint density at radius 2 is 2.07 bits per heavy atom. The number of alkyl halides is 1. The van der Waals surface area contributed by atoms with Crippen LogP contribution in [0.3, 0.4) is 0 Å². The molecule has 4 rings (SSSR count). The van der Waals surface area contributed by atoms with Crippen LogP contribution in [-0.4, -0.2) is 35.8 Å². The van der Waals surface area contributed by atoms with Crippen LogP contribution in [0.15, 0.2) is 24.4 Å². The lowest BCUT2D eigenvalue weighted by atomic mass is 9.87. The second-order valence-electron chi connectivity index (χ2n) is 8.38. The van der Waals surface area contributed by atoms with Crippen molar-refractivity contribution in [1.29, 1.82) is 5.26 Å². The molecule has 0 radical (unpaired) electrons. The Morgan fingerprint density at radius 1 is 1.27 bits per heavy atom.